The highest BCUT2D eigenvalue weighted by Gasteiger charge is 2.25. The third-order valence-electron chi connectivity index (χ3n) is 4.35. The second kappa shape index (κ2) is 6.20. The molecule has 5 heteroatoms. The van der Waals surface area contributed by atoms with Gasteiger partial charge in [0.15, 0.2) is 0 Å². The molecule has 0 radical (unpaired) electrons. The Morgan fingerprint density at radius 2 is 1.70 bits per heavy atom. The van der Waals surface area contributed by atoms with Gasteiger partial charge in [0.25, 0.3) is 0 Å². The van der Waals surface area contributed by atoms with E-state index in [1.807, 2.05) is 42.7 Å². The largest absolute Gasteiger partial charge is 0.371 e. The van der Waals surface area contributed by atoms with Crippen LogP contribution in [0, 0.1) is 0 Å². The van der Waals surface area contributed by atoms with Gasteiger partial charge in [-0.1, -0.05) is 35.5 Å². The lowest BCUT2D eigenvalue weighted by molar-refractivity contribution is 0.329. The van der Waals surface area contributed by atoms with Crippen LogP contribution in [0.2, 0.25) is 0 Å². The van der Waals surface area contributed by atoms with Crippen molar-refractivity contribution in [2.75, 3.05) is 18.0 Å². The van der Waals surface area contributed by atoms with E-state index < -0.39 is 0 Å². The van der Waals surface area contributed by atoms with Crippen LogP contribution >= 0.6 is 0 Å². The van der Waals surface area contributed by atoms with E-state index in [2.05, 4.69) is 32.2 Å². The van der Waals surface area contributed by atoms with Gasteiger partial charge >= 0.3 is 0 Å². The molecule has 0 spiro atoms. The summed E-state index contributed by atoms with van der Waals surface area (Å²) in [5, 5.41) is 4.13. The molecular formula is C18H18N4O. The lowest BCUT2D eigenvalue weighted by Gasteiger charge is -2.32. The van der Waals surface area contributed by atoms with E-state index in [-0.39, 0.29) is 0 Å². The predicted molar refractivity (Wildman–Crippen MR) is 88.2 cm³/mol. The Bertz CT molecular complexity index is 749. The van der Waals surface area contributed by atoms with Crippen molar-refractivity contribution in [2.24, 2.45) is 0 Å². The van der Waals surface area contributed by atoms with Crippen LogP contribution in [0.3, 0.4) is 0 Å². The van der Waals surface area contributed by atoms with Crippen LogP contribution in [-0.4, -0.2) is 28.2 Å². The lowest BCUT2D eigenvalue weighted by Crippen LogP contribution is -2.32. The minimum atomic E-state index is 0.345. The zero-order valence-electron chi connectivity index (χ0n) is 12.8. The number of rotatable bonds is 3. The van der Waals surface area contributed by atoms with Gasteiger partial charge in [-0.25, -0.2) is 0 Å². The molecule has 0 aliphatic carbocycles. The number of aromatic nitrogens is 3. The molecule has 3 aromatic rings. The molecule has 5 nitrogen and oxygen atoms in total. The maximum atomic E-state index is 5.51. The summed E-state index contributed by atoms with van der Waals surface area (Å²) in [6, 6.07) is 14.1. The van der Waals surface area contributed by atoms with Gasteiger partial charge in [0.05, 0.1) is 0 Å². The third kappa shape index (κ3) is 2.95. The predicted octanol–water partition coefficient (Wildman–Crippen LogP) is 3.52. The molecule has 1 fully saturated rings. The fourth-order valence-electron chi connectivity index (χ4n) is 3.05. The average molecular weight is 306 g/mol. The maximum Gasteiger partial charge on any atom is 0.230 e. The maximum absolute atomic E-state index is 5.51. The Morgan fingerprint density at radius 3 is 2.43 bits per heavy atom. The molecule has 0 N–H and O–H groups in total. The molecule has 0 unspecified atom stereocenters. The SMILES string of the molecule is c1ccc(-c2noc(C3CCN(c4ccncc4)CC3)n2)cc1. The van der Waals surface area contributed by atoms with Gasteiger partial charge in [0, 0.05) is 42.7 Å². The summed E-state index contributed by atoms with van der Waals surface area (Å²) in [6.07, 6.45) is 5.73. The minimum absolute atomic E-state index is 0.345. The lowest BCUT2D eigenvalue weighted by atomic mass is 9.96. The van der Waals surface area contributed by atoms with E-state index in [9.17, 15) is 0 Å². The van der Waals surface area contributed by atoms with E-state index in [1.165, 1.54) is 5.69 Å². The molecule has 3 heterocycles. The second-order valence-electron chi connectivity index (χ2n) is 5.79. The Morgan fingerprint density at radius 1 is 0.957 bits per heavy atom. The van der Waals surface area contributed by atoms with Gasteiger partial charge in [-0.15, -0.1) is 0 Å². The van der Waals surface area contributed by atoms with Crippen molar-refractivity contribution in [1.82, 2.24) is 15.1 Å². The molecule has 0 amide bonds. The first kappa shape index (κ1) is 13.9. The summed E-state index contributed by atoms with van der Waals surface area (Å²) in [5.41, 5.74) is 2.23. The van der Waals surface area contributed by atoms with E-state index in [0.717, 1.165) is 37.4 Å². The molecule has 116 valence electrons. The van der Waals surface area contributed by atoms with Gasteiger partial charge in [-0.05, 0) is 25.0 Å². The van der Waals surface area contributed by atoms with Crippen LogP contribution in [0.1, 0.15) is 24.7 Å². The number of anilines is 1. The third-order valence-corrected chi connectivity index (χ3v) is 4.35. The molecule has 4 rings (SSSR count). The first-order valence-electron chi connectivity index (χ1n) is 7.94. The summed E-state index contributed by atoms with van der Waals surface area (Å²) >= 11 is 0. The minimum Gasteiger partial charge on any atom is -0.371 e. The van der Waals surface area contributed by atoms with Crippen LogP contribution in [-0.2, 0) is 0 Å². The van der Waals surface area contributed by atoms with Crippen LogP contribution in [0.5, 0.6) is 0 Å². The highest BCUT2D eigenvalue weighted by atomic mass is 16.5. The van der Waals surface area contributed by atoms with E-state index >= 15 is 0 Å². The molecule has 1 aromatic carbocycles. The standard InChI is InChI=1S/C18H18N4O/c1-2-4-14(5-3-1)17-20-18(23-21-17)15-8-12-22(13-9-15)16-6-10-19-11-7-16/h1-7,10-11,15H,8-9,12-13H2. The highest BCUT2D eigenvalue weighted by Crippen LogP contribution is 2.30. The van der Waals surface area contributed by atoms with Crippen molar-refractivity contribution in [3.8, 4) is 11.4 Å². The Labute approximate surface area is 135 Å². The fourth-order valence-corrected chi connectivity index (χ4v) is 3.05. The molecule has 0 bridgehead atoms. The number of pyridine rings is 1. The van der Waals surface area contributed by atoms with Gasteiger partial charge < -0.3 is 9.42 Å². The molecule has 0 saturated carbocycles. The van der Waals surface area contributed by atoms with Crippen molar-refractivity contribution < 1.29 is 4.52 Å². The topological polar surface area (TPSA) is 55.1 Å². The summed E-state index contributed by atoms with van der Waals surface area (Å²) in [4.78, 5) is 11.1. The Balaban J connectivity index is 1.44. The first-order chi connectivity index (χ1) is 11.4. The van der Waals surface area contributed by atoms with Crippen LogP contribution in [0.25, 0.3) is 11.4 Å². The fraction of sp³-hybridized carbons (Fsp3) is 0.278. The van der Waals surface area contributed by atoms with Gasteiger partial charge in [0.1, 0.15) is 0 Å². The quantitative estimate of drug-likeness (QED) is 0.741. The normalized spacial score (nSPS) is 15.7. The molecule has 23 heavy (non-hydrogen) atoms. The number of piperidine rings is 1. The first-order valence-corrected chi connectivity index (χ1v) is 7.94. The van der Waals surface area contributed by atoms with Crippen molar-refractivity contribution in [3.05, 3.63) is 60.7 Å². The smallest absolute Gasteiger partial charge is 0.230 e. The van der Waals surface area contributed by atoms with Crippen LogP contribution < -0.4 is 4.90 Å². The van der Waals surface area contributed by atoms with Crippen LogP contribution in [0.4, 0.5) is 5.69 Å². The van der Waals surface area contributed by atoms with E-state index in [0.29, 0.717) is 11.7 Å². The molecule has 1 aliphatic heterocycles. The molecular weight excluding hydrogens is 288 g/mol. The average Bonchev–Trinajstić information content (AvgIpc) is 3.14. The Hall–Kier alpha value is -2.69. The van der Waals surface area contributed by atoms with Gasteiger partial charge in [-0.3, -0.25) is 4.98 Å². The van der Waals surface area contributed by atoms with Gasteiger partial charge in [-0.2, -0.15) is 4.98 Å². The van der Waals surface area contributed by atoms with Crippen molar-refractivity contribution in [1.29, 1.82) is 0 Å². The van der Waals surface area contributed by atoms with Gasteiger partial charge in [0.2, 0.25) is 11.7 Å². The molecule has 0 atom stereocenters. The summed E-state index contributed by atoms with van der Waals surface area (Å²) < 4.78 is 5.51. The monoisotopic (exact) mass is 306 g/mol. The van der Waals surface area contributed by atoms with E-state index in [1.54, 1.807) is 0 Å². The van der Waals surface area contributed by atoms with Crippen molar-refractivity contribution >= 4 is 5.69 Å². The second-order valence-corrected chi connectivity index (χ2v) is 5.79. The summed E-state index contributed by atoms with van der Waals surface area (Å²) in [5.74, 6) is 1.79. The number of hydrogen-bond donors (Lipinski definition) is 0. The summed E-state index contributed by atoms with van der Waals surface area (Å²) in [6.45, 7) is 2.00. The number of hydrogen-bond acceptors (Lipinski definition) is 5. The Kier molecular flexibility index (Phi) is 3.76. The molecule has 1 saturated heterocycles. The van der Waals surface area contributed by atoms with Crippen LogP contribution in [0.15, 0.2) is 59.4 Å². The van der Waals surface area contributed by atoms with Crippen molar-refractivity contribution in [2.45, 2.75) is 18.8 Å². The zero-order chi connectivity index (χ0) is 15.5. The molecule has 2 aromatic heterocycles. The molecule has 1 aliphatic rings. The zero-order valence-corrected chi connectivity index (χ0v) is 12.8. The summed E-state index contributed by atoms with van der Waals surface area (Å²) in [7, 11) is 0. The van der Waals surface area contributed by atoms with E-state index in [4.69, 9.17) is 4.52 Å². The number of nitrogens with zero attached hydrogens (tertiary/aromatic N) is 4. The van der Waals surface area contributed by atoms with Crippen molar-refractivity contribution in [3.63, 3.8) is 0 Å². The highest BCUT2D eigenvalue weighted by molar-refractivity contribution is 5.53. The number of benzene rings is 1.